The maximum Gasteiger partial charge on any atom is 0.261 e. The molecule has 3 aromatic carbocycles. The number of nitrogens with one attached hydrogen (secondary N) is 1. The van der Waals surface area contributed by atoms with Crippen LogP contribution in [-0.4, -0.2) is 43.5 Å². The summed E-state index contributed by atoms with van der Waals surface area (Å²) in [5, 5.41) is 9.06. The van der Waals surface area contributed by atoms with Gasteiger partial charge >= 0.3 is 0 Å². The number of para-hydroxylation sites is 1. The number of anilines is 1. The van der Waals surface area contributed by atoms with Gasteiger partial charge in [-0.2, -0.15) is 5.26 Å². The van der Waals surface area contributed by atoms with Crippen molar-refractivity contribution < 1.29 is 8.42 Å². The van der Waals surface area contributed by atoms with Crippen LogP contribution >= 0.6 is 0 Å². The van der Waals surface area contributed by atoms with Crippen molar-refractivity contribution in [2.24, 2.45) is 0 Å². The van der Waals surface area contributed by atoms with Gasteiger partial charge in [0.2, 0.25) is 0 Å². The van der Waals surface area contributed by atoms with Gasteiger partial charge in [0.15, 0.2) is 0 Å². The van der Waals surface area contributed by atoms with E-state index in [-0.39, 0.29) is 4.90 Å². The van der Waals surface area contributed by atoms with E-state index in [1.807, 2.05) is 38.4 Å². The Morgan fingerprint density at radius 1 is 1.00 bits per heavy atom. The maximum absolute atomic E-state index is 12.9. The molecule has 0 amide bonds. The summed E-state index contributed by atoms with van der Waals surface area (Å²) in [6.07, 6.45) is 0.568. The van der Waals surface area contributed by atoms with E-state index in [2.05, 4.69) is 20.3 Å². The van der Waals surface area contributed by atoms with E-state index in [4.69, 9.17) is 10.2 Å². The summed E-state index contributed by atoms with van der Waals surface area (Å²) >= 11 is 0. The molecule has 7 nitrogen and oxygen atoms in total. The Bertz CT molecular complexity index is 1400. The molecule has 4 rings (SSSR count). The predicted molar refractivity (Wildman–Crippen MR) is 130 cm³/mol. The van der Waals surface area contributed by atoms with E-state index >= 15 is 0 Å². The summed E-state index contributed by atoms with van der Waals surface area (Å²) < 4.78 is 30.7. The number of aromatic nitrogens is 2. The van der Waals surface area contributed by atoms with E-state index in [0.717, 1.165) is 23.4 Å². The topological polar surface area (TPSA) is 91.0 Å². The minimum absolute atomic E-state index is 0.201. The molecule has 0 aliphatic rings. The SMILES string of the molecule is CN(C)CCn1c(Cc2ccc(C#N)cc2)nc2c(NS(=O)(=O)c3ccccc3)cccc21. The van der Waals surface area contributed by atoms with Crippen molar-refractivity contribution in [3.05, 3.63) is 89.7 Å². The van der Waals surface area contributed by atoms with Gasteiger partial charge in [-0.15, -0.1) is 0 Å². The molecule has 1 N–H and O–H groups in total. The Morgan fingerprint density at radius 3 is 2.39 bits per heavy atom. The third-order valence-corrected chi connectivity index (χ3v) is 6.75. The standard InChI is InChI=1S/C25H25N5O2S/c1-29(2)15-16-30-23-10-6-9-22(28-33(31,32)21-7-4-3-5-8-21)25(23)27-24(30)17-19-11-13-20(18-26)14-12-19/h3-14,28H,15-17H2,1-2H3. The highest BCUT2D eigenvalue weighted by Gasteiger charge is 2.19. The lowest BCUT2D eigenvalue weighted by Gasteiger charge is -2.14. The highest BCUT2D eigenvalue weighted by molar-refractivity contribution is 7.92. The molecule has 1 heterocycles. The van der Waals surface area contributed by atoms with Gasteiger partial charge in [-0.3, -0.25) is 4.72 Å². The van der Waals surface area contributed by atoms with Crippen LogP contribution in [0.3, 0.4) is 0 Å². The number of nitrogens with zero attached hydrogens (tertiary/aromatic N) is 4. The number of rotatable bonds is 8. The molecular formula is C25H25N5O2S. The quantitative estimate of drug-likeness (QED) is 0.432. The highest BCUT2D eigenvalue weighted by atomic mass is 32.2. The summed E-state index contributed by atoms with van der Waals surface area (Å²) in [6.45, 7) is 1.52. The summed E-state index contributed by atoms with van der Waals surface area (Å²) in [4.78, 5) is 7.16. The number of imidazole rings is 1. The fourth-order valence-electron chi connectivity index (χ4n) is 3.64. The lowest BCUT2D eigenvalue weighted by molar-refractivity contribution is 0.384. The van der Waals surface area contributed by atoms with Crippen molar-refractivity contribution in [3.8, 4) is 6.07 Å². The van der Waals surface area contributed by atoms with Crippen LogP contribution < -0.4 is 4.72 Å². The van der Waals surface area contributed by atoms with Gasteiger partial charge in [-0.25, -0.2) is 13.4 Å². The molecule has 0 saturated carbocycles. The molecule has 168 valence electrons. The number of benzene rings is 3. The molecule has 33 heavy (non-hydrogen) atoms. The number of likely N-dealkylation sites (N-methyl/N-ethyl adjacent to an activating group) is 1. The van der Waals surface area contributed by atoms with Crippen LogP contribution in [0.15, 0.2) is 77.7 Å². The minimum Gasteiger partial charge on any atom is -0.326 e. The van der Waals surface area contributed by atoms with E-state index in [9.17, 15) is 8.42 Å². The van der Waals surface area contributed by atoms with Crippen molar-refractivity contribution >= 4 is 26.7 Å². The van der Waals surface area contributed by atoms with E-state index in [0.29, 0.717) is 29.7 Å². The predicted octanol–water partition coefficient (Wildman–Crippen LogP) is 3.86. The highest BCUT2D eigenvalue weighted by Crippen LogP contribution is 2.27. The Hall–Kier alpha value is -3.67. The molecule has 4 aromatic rings. The van der Waals surface area contributed by atoms with Crippen LogP contribution in [0.1, 0.15) is 17.0 Å². The lowest BCUT2D eigenvalue weighted by Crippen LogP contribution is -2.19. The molecule has 0 atom stereocenters. The Kier molecular flexibility index (Phi) is 6.45. The maximum atomic E-state index is 12.9. The van der Waals surface area contributed by atoms with Crippen LogP contribution in [-0.2, 0) is 23.0 Å². The first-order chi connectivity index (χ1) is 15.9. The first-order valence-electron chi connectivity index (χ1n) is 10.6. The van der Waals surface area contributed by atoms with Crippen molar-refractivity contribution in [2.45, 2.75) is 17.9 Å². The van der Waals surface area contributed by atoms with Crippen LogP contribution in [0, 0.1) is 11.3 Å². The Labute approximate surface area is 194 Å². The molecule has 0 unspecified atom stereocenters. The normalized spacial score (nSPS) is 11.6. The number of hydrogen-bond donors (Lipinski definition) is 1. The van der Waals surface area contributed by atoms with E-state index < -0.39 is 10.0 Å². The van der Waals surface area contributed by atoms with Gasteiger partial charge in [0.05, 0.1) is 27.7 Å². The van der Waals surface area contributed by atoms with Gasteiger partial charge in [0.1, 0.15) is 11.3 Å². The van der Waals surface area contributed by atoms with Gasteiger partial charge in [0, 0.05) is 19.5 Å². The fourth-order valence-corrected chi connectivity index (χ4v) is 4.73. The lowest BCUT2D eigenvalue weighted by atomic mass is 10.1. The molecule has 0 fully saturated rings. The van der Waals surface area contributed by atoms with E-state index in [1.54, 1.807) is 48.5 Å². The smallest absolute Gasteiger partial charge is 0.261 e. The second kappa shape index (κ2) is 9.45. The first kappa shape index (κ1) is 22.5. The molecule has 1 aromatic heterocycles. The second-order valence-electron chi connectivity index (χ2n) is 8.06. The average Bonchev–Trinajstić information content (AvgIpc) is 3.16. The zero-order valence-electron chi connectivity index (χ0n) is 18.6. The van der Waals surface area contributed by atoms with E-state index in [1.165, 1.54) is 0 Å². The van der Waals surface area contributed by atoms with Crippen LogP contribution in [0.5, 0.6) is 0 Å². The molecule has 0 spiro atoms. The minimum atomic E-state index is -3.74. The van der Waals surface area contributed by atoms with Crippen LogP contribution in [0.25, 0.3) is 11.0 Å². The third kappa shape index (κ3) is 5.06. The largest absolute Gasteiger partial charge is 0.326 e. The molecule has 0 aliphatic carbocycles. The van der Waals surface area contributed by atoms with Crippen molar-refractivity contribution in [2.75, 3.05) is 25.4 Å². The van der Waals surface area contributed by atoms with Crippen LogP contribution in [0.2, 0.25) is 0 Å². The zero-order chi connectivity index (χ0) is 23.4. The Balaban J connectivity index is 1.75. The van der Waals surface area contributed by atoms with Gasteiger partial charge in [-0.05, 0) is 56.1 Å². The van der Waals surface area contributed by atoms with Crippen molar-refractivity contribution in [1.29, 1.82) is 5.26 Å². The molecule has 0 aliphatic heterocycles. The summed E-state index contributed by atoms with van der Waals surface area (Å²) in [7, 11) is 0.287. The van der Waals surface area contributed by atoms with Gasteiger partial charge in [0.25, 0.3) is 10.0 Å². The monoisotopic (exact) mass is 459 g/mol. The number of nitriles is 1. The van der Waals surface area contributed by atoms with Crippen molar-refractivity contribution in [3.63, 3.8) is 0 Å². The molecule has 8 heteroatoms. The second-order valence-corrected chi connectivity index (χ2v) is 9.74. The molecular weight excluding hydrogens is 434 g/mol. The van der Waals surface area contributed by atoms with Crippen LogP contribution in [0.4, 0.5) is 5.69 Å². The molecule has 0 bridgehead atoms. The zero-order valence-corrected chi connectivity index (χ0v) is 19.4. The fraction of sp³-hybridized carbons (Fsp3) is 0.200. The molecule has 0 radical (unpaired) electrons. The van der Waals surface area contributed by atoms with Gasteiger partial charge in [-0.1, -0.05) is 36.4 Å². The number of hydrogen-bond acceptors (Lipinski definition) is 5. The van der Waals surface area contributed by atoms with Crippen molar-refractivity contribution in [1.82, 2.24) is 14.5 Å². The number of sulfonamides is 1. The summed E-state index contributed by atoms with van der Waals surface area (Å²) in [5.74, 6) is 0.836. The summed E-state index contributed by atoms with van der Waals surface area (Å²) in [5.41, 5.74) is 3.56. The third-order valence-electron chi connectivity index (χ3n) is 5.37. The average molecular weight is 460 g/mol. The summed E-state index contributed by atoms with van der Waals surface area (Å²) in [6, 6.07) is 23.4. The van der Waals surface area contributed by atoms with Gasteiger partial charge < -0.3 is 9.47 Å². The Morgan fingerprint density at radius 2 is 1.73 bits per heavy atom. The molecule has 0 saturated heterocycles. The first-order valence-corrected chi connectivity index (χ1v) is 12.1. The number of fused-ring (bicyclic) bond motifs is 1.